The van der Waals surface area contributed by atoms with Crippen LogP contribution in [-0.4, -0.2) is 26.8 Å². The van der Waals surface area contributed by atoms with E-state index in [-0.39, 0.29) is 29.2 Å². The van der Waals surface area contributed by atoms with Crippen molar-refractivity contribution in [1.29, 1.82) is 0 Å². The Bertz CT molecular complexity index is 1040. The number of rotatable bonds is 8. The fourth-order valence-electron chi connectivity index (χ4n) is 2.38. The molecular formula is C19H18N4O5S. The van der Waals surface area contributed by atoms with E-state index in [4.69, 9.17) is 9.15 Å². The third-order valence-corrected chi connectivity index (χ3v) is 4.65. The normalized spacial score (nSPS) is 10.6. The molecule has 0 radical (unpaired) electrons. The van der Waals surface area contributed by atoms with Crippen LogP contribution in [0.25, 0.3) is 0 Å². The number of nitrogens with zero attached hydrogens (tertiary/aromatic N) is 3. The summed E-state index contributed by atoms with van der Waals surface area (Å²) in [6.45, 7) is 3.84. The van der Waals surface area contributed by atoms with Crippen LogP contribution in [0, 0.1) is 24.0 Å². The van der Waals surface area contributed by atoms with E-state index < -0.39 is 4.92 Å². The zero-order valence-electron chi connectivity index (χ0n) is 15.7. The third kappa shape index (κ3) is 5.79. The Morgan fingerprint density at radius 1 is 1.24 bits per heavy atom. The second-order valence-electron chi connectivity index (χ2n) is 6.16. The van der Waals surface area contributed by atoms with E-state index in [0.29, 0.717) is 17.3 Å². The van der Waals surface area contributed by atoms with Crippen LogP contribution >= 0.6 is 11.8 Å². The van der Waals surface area contributed by atoms with Gasteiger partial charge in [-0.15, -0.1) is 10.2 Å². The maximum absolute atomic E-state index is 12.2. The van der Waals surface area contributed by atoms with Crippen LogP contribution in [0.5, 0.6) is 5.75 Å². The van der Waals surface area contributed by atoms with Crippen molar-refractivity contribution < 1.29 is 18.9 Å². The van der Waals surface area contributed by atoms with Crippen molar-refractivity contribution in [1.82, 2.24) is 10.2 Å². The lowest BCUT2D eigenvalue weighted by Crippen LogP contribution is -2.15. The molecule has 9 nitrogen and oxygen atoms in total. The van der Waals surface area contributed by atoms with Gasteiger partial charge in [0.15, 0.2) is 6.61 Å². The van der Waals surface area contributed by atoms with E-state index in [0.717, 1.165) is 22.9 Å². The van der Waals surface area contributed by atoms with E-state index in [1.807, 2.05) is 31.2 Å². The van der Waals surface area contributed by atoms with Crippen LogP contribution in [0.3, 0.4) is 0 Å². The first kappa shape index (κ1) is 20.3. The van der Waals surface area contributed by atoms with Gasteiger partial charge in [-0.05, 0) is 37.1 Å². The first-order valence-corrected chi connectivity index (χ1v) is 9.59. The fourth-order valence-corrected chi connectivity index (χ4v) is 2.96. The largest absolute Gasteiger partial charge is 0.484 e. The van der Waals surface area contributed by atoms with Crippen molar-refractivity contribution in [3.8, 4) is 5.75 Å². The molecule has 0 fully saturated rings. The highest BCUT2D eigenvalue weighted by atomic mass is 32.2. The Morgan fingerprint density at radius 2 is 2.07 bits per heavy atom. The number of benzene rings is 2. The van der Waals surface area contributed by atoms with Crippen molar-refractivity contribution in [3.63, 3.8) is 0 Å². The van der Waals surface area contributed by atoms with Gasteiger partial charge >= 0.3 is 0 Å². The highest BCUT2D eigenvalue weighted by molar-refractivity contribution is 7.99. The average Bonchev–Trinajstić information content (AvgIpc) is 3.14. The summed E-state index contributed by atoms with van der Waals surface area (Å²) >= 11 is 1.07. The molecule has 1 N–H and O–H groups in total. The molecule has 29 heavy (non-hydrogen) atoms. The summed E-state index contributed by atoms with van der Waals surface area (Å²) < 4.78 is 11.1. The molecule has 1 heterocycles. The first-order chi connectivity index (χ1) is 13.9. The summed E-state index contributed by atoms with van der Waals surface area (Å²) in [4.78, 5) is 22.5. The molecule has 0 aliphatic heterocycles. The topological polar surface area (TPSA) is 120 Å². The maximum atomic E-state index is 12.2. The zero-order chi connectivity index (χ0) is 20.8. The Balaban J connectivity index is 1.51. The number of carbonyl (C=O) groups is 1. The van der Waals surface area contributed by atoms with Gasteiger partial charge in [0.25, 0.3) is 16.8 Å². The standard InChI is InChI=1S/C19H18N4O5S/c1-12-4-3-5-15(8-12)27-10-18-21-22-19(28-18)29-11-17(24)20-16-9-14(23(25)26)7-6-13(16)2/h3-9H,10-11H2,1-2H3,(H,20,24). The number of hydrogen-bond acceptors (Lipinski definition) is 8. The number of nitro benzene ring substituents is 1. The van der Waals surface area contributed by atoms with Gasteiger partial charge < -0.3 is 14.5 Å². The van der Waals surface area contributed by atoms with Crippen molar-refractivity contribution in [2.24, 2.45) is 0 Å². The van der Waals surface area contributed by atoms with Gasteiger partial charge in [-0.3, -0.25) is 14.9 Å². The minimum atomic E-state index is -0.511. The second-order valence-corrected chi connectivity index (χ2v) is 7.09. The number of aromatic nitrogens is 2. The molecular weight excluding hydrogens is 396 g/mol. The van der Waals surface area contributed by atoms with Crippen LogP contribution in [0.15, 0.2) is 52.1 Å². The van der Waals surface area contributed by atoms with E-state index in [2.05, 4.69) is 15.5 Å². The lowest BCUT2D eigenvalue weighted by atomic mass is 10.2. The molecule has 1 aromatic heterocycles. The van der Waals surface area contributed by atoms with Crippen LogP contribution < -0.4 is 10.1 Å². The molecule has 0 saturated heterocycles. The number of non-ortho nitro benzene ring substituents is 1. The Labute approximate surface area is 170 Å². The zero-order valence-corrected chi connectivity index (χ0v) is 16.6. The predicted molar refractivity (Wildman–Crippen MR) is 107 cm³/mol. The van der Waals surface area contributed by atoms with Crippen molar-refractivity contribution in [2.45, 2.75) is 25.7 Å². The molecule has 0 unspecified atom stereocenters. The number of thioether (sulfide) groups is 1. The van der Waals surface area contributed by atoms with Crippen molar-refractivity contribution in [3.05, 3.63) is 69.6 Å². The molecule has 3 aromatic rings. The monoisotopic (exact) mass is 414 g/mol. The SMILES string of the molecule is Cc1cccc(OCc2nnc(SCC(=O)Nc3cc([N+](=O)[O-])ccc3C)o2)c1. The van der Waals surface area contributed by atoms with Crippen LogP contribution in [-0.2, 0) is 11.4 Å². The summed E-state index contributed by atoms with van der Waals surface area (Å²) in [5, 5.41) is 21.5. The molecule has 2 aromatic carbocycles. The highest BCUT2D eigenvalue weighted by Gasteiger charge is 2.13. The minimum absolute atomic E-state index is 0.0164. The van der Waals surface area contributed by atoms with Crippen molar-refractivity contribution >= 4 is 29.0 Å². The van der Waals surface area contributed by atoms with E-state index in [9.17, 15) is 14.9 Å². The summed E-state index contributed by atoms with van der Waals surface area (Å²) in [7, 11) is 0. The Hall–Kier alpha value is -3.40. The molecule has 10 heteroatoms. The van der Waals surface area contributed by atoms with Crippen molar-refractivity contribution in [2.75, 3.05) is 11.1 Å². The lowest BCUT2D eigenvalue weighted by Gasteiger charge is -2.07. The van der Waals surface area contributed by atoms with Crippen LogP contribution in [0.4, 0.5) is 11.4 Å². The number of aryl methyl sites for hydroxylation is 2. The number of hydrogen-bond donors (Lipinski definition) is 1. The van der Waals surface area contributed by atoms with Gasteiger partial charge in [0, 0.05) is 12.1 Å². The predicted octanol–water partition coefficient (Wildman–Crippen LogP) is 3.90. The summed E-state index contributed by atoms with van der Waals surface area (Å²) in [6, 6.07) is 11.9. The number of ether oxygens (including phenoxy) is 1. The van der Waals surface area contributed by atoms with Gasteiger partial charge in [0.05, 0.1) is 16.4 Å². The molecule has 0 saturated carbocycles. The van der Waals surface area contributed by atoms with E-state index >= 15 is 0 Å². The van der Waals surface area contributed by atoms with Crippen LogP contribution in [0.2, 0.25) is 0 Å². The number of amides is 1. The van der Waals surface area contributed by atoms with Gasteiger partial charge in [0.1, 0.15) is 5.75 Å². The second kappa shape index (κ2) is 9.20. The third-order valence-electron chi connectivity index (χ3n) is 3.83. The minimum Gasteiger partial charge on any atom is -0.484 e. The molecule has 1 amide bonds. The van der Waals surface area contributed by atoms with Gasteiger partial charge in [-0.1, -0.05) is 30.0 Å². The van der Waals surface area contributed by atoms with Gasteiger partial charge in [0.2, 0.25) is 5.91 Å². The summed E-state index contributed by atoms with van der Waals surface area (Å²) in [5.41, 5.74) is 2.10. The lowest BCUT2D eigenvalue weighted by molar-refractivity contribution is -0.384. The maximum Gasteiger partial charge on any atom is 0.277 e. The van der Waals surface area contributed by atoms with E-state index in [1.165, 1.54) is 12.1 Å². The van der Waals surface area contributed by atoms with E-state index in [1.54, 1.807) is 13.0 Å². The molecule has 3 rings (SSSR count). The number of nitro groups is 1. The van der Waals surface area contributed by atoms with Gasteiger partial charge in [-0.2, -0.15) is 0 Å². The Morgan fingerprint density at radius 3 is 2.83 bits per heavy atom. The molecule has 0 spiro atoms. The number of nitrogens with one attached hydrogen (secondary N) is 1. The number of anilines is 1. The quantitative estimate of drug-likeness (QED) is 0.335. The molecule has 0 aliphatic carbocycles. The average molecular weight is 414 g/mol. The highest BCUT2D eigenvalue weighted by Crippen LogP contribution is 2.23. The molecule has 0 aliphatic rings. The molecule has 0 atom stereocenters. The molecule has 150 valence electrons. The summed E-state index contributed by atoms with van der Waals surface area (Å²) in [5.74, 6) is 0.671. The fraction of sp³-hybridized carbons (Fsp3) is 0.211. The number of carbonyl (C=O) groups excluding carboxylic acids is 1. The van der Waals surface area contributed by atoms with Crippen LogP contribution in [0.1, 0.15) is 17.0 Å². The Kier molecular flexibility index (Phi) is 6.45. The van der Waals surface area contributed by atoms with Gasteiger partial charge in [-0.25, -0.2) is 0 Å². The first-order valence-electron chi connectivity index (χ1n) is 8.60. The smallest absolute Gasteiger partial charge is 0.277 e. The summed E-state index contributed by atoms with van der Waals surface area (Å²) in [6.07, 6.45) is 0. The molecule has 0 bridgehead atoms.